The van der Waals surface area contributed by atoms with Crippen LogP contribution in [0.25, 0.3) is 0 Å². The number of nitrogens with one attached hydrogen (secondary N) is 1. The highest BCUT2D eigenvalue weighted by Crippen LogP contribution is 2.21. The molecule has 2 heterocycles. The van der Waals surface area contributed by atoms with E-state index in [1.807, 2.05) is 18.4 Å². The lowest BCUT2D eigenvalue weighted by molar-refractivity contribution is 0.102. The van der Waals surface area contributed by atoms with Crippen LogP contribution in [-0.4, -0.2) is 10.9 Å². The molecule has 5 heteroatoms. The topological polar surface area (TPSA) is 42.0 Å². The molecule has 0 saturated carbocycles. The Morgan fingerprint density at radius 2 is 2.38 bits per heavy atom. The van der Waals surface area contributed by atoms with Gasteiger partial charge in [-0.1, -0.05) is 0 Å². The third-order valence-electron chi connectivity index (χ3n) is 1.99. The van der Waals surface area contributed by atoms with E-state index in [1.165, 1.54) is 11.3 Å². The summed E-state index contributed by atoms with van der Waals surface area (Å²) in [6, 6.07) is 3.69. The average molecular weight is 297 g/mol. The molecule has 0 aromatic carbocycles. The summed E-state index contributed by atoms with van der Waals surface area (Å²) in [5.41, 5.74) is 1.69. The van der Waals surface area contributed by atoms with Gasteiger partial charge in [0, 0.05) is 11.6 Å². The Kier molecular flexibility index (Phi) is 3.36. The maximum atomic E-state index is 11.7. The zero-order valence-electron chi connectivity index (χ0n) is 8.53. The number of rotatable bonds is 2. The number of aromatic nitrogens is 1. The van der Waals surface area contributed by atoms with Crippen molar-refractivity contribution in [2.24, 2.45) is 0 Å². The zero-order chi connectivity index (χ0) is 11.5. The molecule has 0 spiro atoms. The molecule has 0 aliphatic carbocycles. The highest BCUT2D eigenvalue weighted by molar-refractivity contribution is 9.10. The van der Waals surface area contributed by atoms with Gasteiger partial charge in [-0.3, -0.25) is 4.79 Å². The molecule has 3 nitrogen and oxygen atoms in total. The Hall–Kier alpha value is -1.20. The van der Waals surface area contributed by atoms with E-state index in [9.17, 15) is 4.79 Å². The highest BCUT2D eigenvalue weighted by atomic mass is 79.9. The third-order valence-corrected chi connectivity index (χ3v) is 3.28. The normalized spacial score (nSPS) is 10.1. The number of nitrogens with zero attached hydrogens (tertiary/aromatic N) is 1. The molecule has 0 radical (unpaired) electrons. The monoisotopic (exact) mass is 296 g/mol. The van der Waals surface area contributed by atoms with Crippen molar-refractivity contribution in [1.29, 1.82) is 0 Å². The van der Waals surface area contributed by atoms with Gasteiger partial charge in [0.05, 0.1) is 10.0 Å². The number of hydrogen-bond donors (Lipinski definition) is 1. The molecular weight excluding hydrogens is 288 g/mol. The summed E-state index contributed by atoms with van der Waals surface area (Å²) < 4.78 is 0.788. The molecule has 2 rings (SSSR count). The van der Waals surface area contributed by atoms with Gasteiger partial charge >= 0.3 is 0 Å². The fourth-order valence-corrected chi connectivity index (χ4v) is 2.40. The van der Waals surface area contributed by atoms with E-state index in [-0.39, 0.29) is 5.91 Å². The number of aryl methyl sites for hydroxylation is 1. The molecule has 0 fully saturated rings. The van der Waals surface area contributed by atoms with Crippen molar-refractivity contribution in [2.75, 3.05) is 5.32 Å². The molecule has 0 unspecified atom stereocenters. The second-order valence-electron chi connectivity index (χ2n) is 3.31. The summed E-state index contributed by atoms with van der Waals surface area (Å²) in [5.74, 6) is 0.403. The molecule has 82 valence electrons. The summed E-state index contributed by atoms with van der Waals surface area (Å²) >= 11 is 4.86. The van der Waals surface area contributed by atoms with Gasteiger partial charge in [0.15, 0.2) is 0 Å². The molecule has 16 heavy (non-hydrogen) atoms. The molecule has 2 aromatic heterocycles. The summed E-state index contributed by atoms with van der Waals surface area (Å²) in [7, 11) is 0. The largest absolute Gasteiger partial charge is 0.306 e. The fraction of sp³-hybridized carbons (Fsp3) is 0.0909. The van der Waals surface area contributed by atoms with Crippen molar-refractivity contribution >= 4 is 39.0 Å². The number of amides is 1. The van der Waals surface area contributed by atoms with Gasteiger partial charge in [-0.15, -0.1) is 0 Å². The summed E-state index contributed by atoms with van der Waals surface area (Å²) in [4.78, 5) is 15.9. The predicted octanol–water partition coefficient (Wildman–Crippen LogP) is 3.47. The lowest BCUT2D eigenvalue weighted by Crippen LogP contribution is -2.12. The van der Waals surface area contributed by atoms with Crippen LogP contribution in [-0.2, 0) is 0 Å². The molecule has 0 atom stereocenters. The number of hydrogen-bond acceptors (Lipinski definition) is 3. The first-order valence-electron chi connectivity index (χ1n) is 4.62. The van der Waals surface area contributed by atoms with Crippen molar-refractivity contribution in [2.45, 2.75) is 6.92 Å². The van der Waals surface area contributed by atoms with Crippen LogP contribution in [0.3, 0.4) is 0 Å². The van der Waals surface area contributed by atoms with Crippen LogP contribution >= 0.6 is 27.3 Å². The molecule has 0 aliphatic rings. The van der Waals surface area contributed by atoms with Crippen molar-refractivity contribution in [1.82, 2.24) is 4.98 Å². The average Bonchev–Trinajstić information content (AvgIpc) is 2.75. The van der Waals surface area contributed by atoms with Gasteiger partial charge in [0.25, 0.3) is 5.91 Å². The summed E-state index contributed by atoms with van der Waals surface area (Å²) in [6.07, 6.45) is 1.72. The summed E-state index contributed by atoms with van der Waals surface area (Å²) in [6.45, 7) is 1.95. The standard InChI is InChI=1S/C11H9BrN2OS/c1-7-4-9(12)10(13-5-7)14-11(15)8-2-3-16-6-8/h2-6H,1H3,(H,13,14,15). The Morgan fingerprint density at radius 1 is 1.56 bits per heavy atom. The molecule has 1 N–H and O–H groups in total. The van der Waals surface area contributed by atoms with Gasteiger partial charge < -0.3 is 5.32 Å². The number of anilines is 1. The van der Waals surface area contributed by atoms with Crippen LogP contribution in [0.5, 0.6) is 0 Å². The van der Waals surface area contributed by atoms with Crippen LogP contribution in [0.1, 0.15) is 15.9 Å². The third kappa shape index (κ3) is 2.48. The Balaban J connectivity index is 2.18. The van der Waals surface area contributed by atoms with Crippen LogP contribution in [0.2, 0.25) is 0 Å². The van der Waals surface area contributed by atoms with E-state index in [0.717, 1.165) is 10.0 Å². The van der Waals surface area contributed by atoms with Gasteiger partial charge in [0.1, 0.15) is 5.82 Å². The second-order valence-corrected chi connectivity index (χ2v) is 4.94. The molecule has 1 amide bonds. The first kappa shape index (κ1) is 11.3. The Labute approximate surface area is 106 Å². The molecule has 2 aromatic rings. The van der Waals surface area contributed by atoms with Gasteiger partial charge in [-0.25, -0.2) is 4.98 Å². The highest BCUT2D eigenvalue weighted by Gasteiger charge is 2.09. The zero-order valence-corrected chi connectivity index (χ0v) is 10.9. The summed E-state index contributed by atoms with van der Waals surface area (Å²) in [5, 5.41) is 6.42. The van der Waals surface area contributed by atoms with E-state index in [1.54, 1.807) is 17.6 Å². The number of thiophene rings is 1. The number of carbonyl (C=O) groups is 1. The van der Waals surface area contributed by atoms with E-state index in [2.05, 4.69) is 26.2 Å². The second kappa shape index (κ2) is 4.76. The Bertz CT molecular complexity index is 511. The van der Waals surface area contributed by atoms with Gasteiger partial charge in [-0.05, 0) is 45.9 Å². The van der Waals surface area contributed by atoms with Crippen LogP contribution in [0, 0.1) is 6.92 Å². The smallest absolute Gasteiger partial charge is 0.257 e. The minimum Gasteiger partial charge on any atom is -0.306 e. The van der Waals surface area contributed by atoms with Gasteiger partial charge in [0.2, 0.25) is 0 Å². The first-order valence-corrected chi connectivity index (χ1v) is 6.36. The lowest BCUT2D eigenvalue weighted by atomic mass is 10.3. The van der Waals surface area contributed by atoms with Crippen LogP contribution < -0.4 is 5.32 Å². The molecule has 0 bridgehead atoms. The van der Waals surface area contributed by atoms with Crippen molar-refractivity contribution < 1.29 is 4.79 Å². The van der Waals surface area contributed by atoms with E-state index >= 15 is 0 Å². The Morgan fingerprint density at radius 3 is 3.00 bits per heavy atom. The van der Waals surface area contributed by atoms with Crippen molar-refractivity contribution in [3.63, 3.8) is 0 Å². The first-order chi connectivity index (χ1) is 7.66. The van der Waals surface area contributed by atoms with Crippen molar-refractivity contribution in [3.8, 4) is 0 Å². The number of halogens is 1. The molecule has 0 saturated heterocycles. The molecular formula is C11H9BrN2OS. The molecule has 0 aliphatic heterocycles. The van der Waals surface area contributed by atoms with E-state index in [4.69, 9.17) is 0 Å². The van der Waals surface area contributed by atoms with Crippen molar-refractivity contribution in [3.05, 3.63) is 44.7 Å². The van der Waals surface area contributed by atoms with E-state index in [0.29, 0.717) is 11.4 Å². The van der Waals surface area contributed by atoms with Gasteiger partial charge in [-0.2, -0.15) is 11.3 Å². The minimum absolute atomic E-state index is 0.140. The fourth-order valence-electron chi connectivity index (χ4n) is 1.20. The number of pyridine rings is 1. The predicted molar refractivity (Wildman–Crippen MR) is 68.9 cm³/mol. The van der Waals surface area contributed by atoms with Crippen LogP contribution in [0.4, 0.5) is 5.82 Å². The quantitative estimate of drug-likeness (QED) is 0.922. The minimum atomic E-state index is -0.140. The van der Waals surface area contributed by atoms with Crippen LogP contribution in [0.15, 0.2) is 33.6 Å². The maximum absolute atomic E-state index is 11.7. The van der Waals surface area contributed by atoms with E-state index < -0.39 is 0 Å². The lowest BCUT2D eigenvalue weighted by Gasteiger charge is -2.05. The SMILES string of the molecule is Cc1cnc(NC(=O)c2ccsc2)c(Br)c1. The number of carbonyl (C=O) groups excluding carboxylic acids is 1. The maximum Gasteiger partial charge on any atom is 0.257 e.